The van der Waals surface area contributed by atoms with Crippen molar-refractivity contribution in [3.05, 3.63) is 18.2 Å². The number of imidazole rings is 1. The number of nitrogens with two attached hydrogens (primary N) is 1. The van der Waals surface area contributed by atoms with Gasteiger partial charge in [0.15, 0.2) is 0 Å². The van der Waals surface area contributed by atoms with Crippen LogP contribution in [0.4, 0.5) is 0 Å². The van der Waals surface area contributed by atoms with Crippen molar-refractivity contribution in [1.82, 2.24) is 9.55 Å². The van der Waals surface area contributed by atoms with E-state index in [0.717, 1.165) is 13.0 Å². The molecule has 2 atom stereocenters. The zero-order valence-electron chi connectivity index (χ0n) is 12.0. The summed E-state index contributed by atoms with van der Waals surface area (Å²) in [5.74, 6) is 0.631. The zero-order chi connectivity index (χ0) is 13.2. The van der Waals surface area contributed by atoms with Crippen molar-refractivity contribution >= 4 is 0 Å². The molecule has 0 radical (unpaired) electrons. The van der Waals surface area contributed by atoms with Crippen LogP contribution in [0.1, 0.15) is 58.2 Å². The third-order valence-electron chi connectivity index (χ3n) is 3.99. The fourth-order valence-electron chi connectivity index (χ4n) is 3.14. The quantitative estimate of drug-likeness (QED) is 0.894. The Morgan fingerprint density at radius 2 is 2.06 bits per heavy atom. The first-order valence-electron chi connectivity index (χ1n) is 7.22. The highest BCUT2D eigenvalue weighted by Crippen LogP contribution is 2.35. The number of nitrogens with zero attached hydrogens (tertiary/aromatic N) is 2. The second-order valence-electron chi connectivity index (χ2n) is 6.88. The highest BCUT2D eigenvalue weighted by molar-refractivity contribution is 5.04. The highest BCUT2D eigenvalue weighted by Gasteiger charge is 2.27. The molecule has 0 bridgehead atoms. The average Bonchev–Trinajstić information content (AvgIpc) is 2.74. The van der Waals surface area contributed by atoms with Gasteiger partial charge in [-0.2, -0.15) is 0 Å². The summed E-state index contributed by atoms with van der Waals surface area (Å²) in [4.78, 5) is 4.37. The maximum absolute atomic E-state index is 5.94. The van der Waals surface area contributed by atoms with Crippen molar-refractivity contribution in [1.29, 1.82) is 0 Å². The fourth-order valence-corrected chi connectivity index (χ4v) is 3.14. The Hall–Kier alpha value is -0.830. The first kappa shape index (κ1) is 13.6. The Balaban J connectivity index is 2.19. The summed E-state index contributed by atoms with van der Waals surface area (Å²) in [5.41, 5.74) is 7.62. The smallest absolute Gasteiger partial charge is 0.0950 e. The predicted molar refractivity (Wildman–Crippen MR) is 75.4 cm³/mol. The number of hydrogen-bond acceptors (Lipinski definition) is 2. The van der Waals surface area contributed by atoms with Gasteiger partial charge in [-0.1, -0.05) is 33.6 Å². The molecule has 102 valence electrons. The third kappa shape index (κ3) is 3.14. The van der Waals surface area contributed by atoms with Crippen molar-refractivity contribution in [2.45, 2.75) is 58.9 Å². The molecule has 1 saturated carbocycles. The summed E-state index contributed by atoms with van der Waals surface area (Å²) < 4.78 is 2.40. The lowest BCUT2D eigenvalue weighted by Crippen LogP contribution is -2.30. The number of rotatable bonds is 3. The molecule has 0 saturated heterocycles. The minimum Gasteiger partial charge on any atom is -0.331 e. The van der Waals surface area contributed by atoms with Gasteiger partial charge < -0.3 is 10.3 Å². The monoisotopic (exact) mass is 249 g/mol. The van der Waals surface area contributed by atoms with Gasteiger partial charge in [0.05, 0.1) is 6.33 Å². The molecule has 1 fully saturated rings. The molecule has 3 heteroatoms. The van der Waals surface area contributed by atoms with Crippen LogP contribution in [0.15, 0.2) is 12.5 Å². The Kier molecular flexibility index (Phi) is 4.10. The van der Waals surface area contributed by atoms with Gasteiger partial charge in [-0.05, 0) is 37.1 Å². The van der Waals surface area contributed by atoms with Crippen molar-refractivity contribution < 1.29 is 0 Å². The summed E-state index contributed by atoms with van der Waals surface area (Å²) in [6.45, 7) is 7.65. The van der Waals surface area contributed by atoms with E-state index in [-0.39, 0.29) is 0 Å². The average molecular weight is 249 g/mol. The molecule has 1 aromatic heterocycles. The fraction of sp³-hybridized carbons (Fsp3) is 0.800. The summed E-state index contributed by atoms with van der Waals surface area (Å²) in [6, 6.07) is 0.573. The van der Waals surface area contributed by atoms with Crippen molar-refractivity contribution in [2.24, 2.45) is 17.1 Å². The van der Waals surface area contributed by atoms with Crippen LogP contribution in [-0.4, -0.2) is 16.1 Å². The van der Waals surface area contributed by atoms with Gasteiger partial charge in [0.2, 0.25) is 0 Å². The van der Waals surface area contributed by atoms with Crippen LogP contribution in [-0.2, 0) is 6.42 Å². The van der Waals surface area contributed by atoms with E-state index in [1.54, 1.807) is 0 Å². The summed E-state index contributed by atoms with van der Waals surface area (Å²) in [6.07, 6.45) is 10.3. The molecule has 3 nitrogen and oxygen atoms in total. The first-order chi connectivity index (χ1) is 8.51. The molecule has 2 N–H and O–H groups in total. The maximum Gasteiger partial charge on any atom is 0.0950 e. The maximum atomic E-state index is 5.94. The van der Waals surface area contributed by atoms with Gasteiger partial charge in [0, 0.05) is 17.9 Å². The second kappa shape index (κ2) is 5.43. The molecule has 0 aromatic carbocycles. The van der Waals surface area contributed by atoms with E-state index in [0.29, 0.717) is 17.4 Å². The van der Waals surface area contributed by atoms with Crippen LogP contribution in [0.25, 0.3) is 0 Å². The Labute approximate surface area is 111 Å². The van der Waals surface area contributed by atoms with E-state index in [1.807, 2.05) is 12.5 Å². The molecule has 1 aromatic rings. The van der Waals surface area contributed by atoms with Crippen molar-refractivity contribution in [3.8, 4) is 0 Å². The largest absolute Gasteiger partial charge is 0.331 e. The highest BCUT2D eigenvalue weighted by atomic mass is 15.1. The Morgan fingerprint density at radius 1 is 1.33 bits per heavy atom. The summed E-state index contributed by atoms with van der Waals surface area (Å²) in [7, 11) is 0. The predicted octanol–water partition coefficient (Wildman–Crippen LogP) is 3.16. The van der Waals surface area contributed by atoms with E-state index < -0.39 is 0 Å². The number of aromatic nitrogens is 2. The molecule has 2 unspecified atom stereocenters. The SMILES string of the molecule is CC(C)(C)Cc1cncn1C1CCCCC1CN. The molecule has 1 aliphatic carbocycles. The van der Waals surface area contributed by atoms with Crippen molar-refractivity contribution in [3.63, 3.8) is 0 Å². The normalized spacial score (nSPS) is 25.3. The molecule has 18 heavy (non-hydrogen) atoms. The molecule has 1 aliphatic rings. The summed E-state index contributed by atoms with van der Waals surface area (Å²) in [5, 5.41) is 0. The van der Waals surface area contributed by atoms with Gasteiger partial charge in [0.25, 0.3) is 0 Å². The molecule has 0 aliphatic heterocycles. The van der Waals surface area contributed by atoms with Crippen LogP contribution >= 0.6 is 0 Å². The summed E-state index contributed by atoms with van der Waals surface area (Å²) >= 11 is 0. The molecule has 0 amide bonds. The zero-order valence-corrected chi connectivity index (χ0v) is 12.0. The van der Waals surface area contributed by atoms with E-state index >= 15 is 0 Å². The Bertz CT molecular complexity index is 375. The van der Waals surface area contributed by atoms with Crippen LogP contribution in [0, 0.1) is 11.3 Å². The molecule has 2 rings (SSSR count). The van der Waals surface area contributed by atoms with Crippen LogP contribution in [0.5, 0.6) is 0 Å². The van der Waals surface area contributed by atoms with E-state index in [4.69, 9.17) is 5.73 Å². The van der Waals surface area contributed by atoms with Gasteiger partial charge in [-0.25, -0.2) is 4.98 Å². The van der Waals surface area contributed by atoms with Crippen molar-refractivity contribution in [2.75, 3.05) is 6.54 Å². The minimum absolute atomic E-state index is 0.310. The van der Waals surface area contributed by atoms with E-state index in [9.17, 15) is 0 Å². The lowest BCUT2D eigenvalue weighted by Gasteiger charge is -2.33. The van der Waals surface area contributed by atoms with Gasteiger partial charge >= 0.3 is 0 Å². The van der Waals surface area contributed by atoms with Crippen LogP contribution < -0.4 is 5.73 Å². The molecular weight excluding hydrogens is 222 g/mol. The molecule has 0 spiro atoms. The van der Waals surface area contributed by atoms with Gasteiger partial charge in [0.1, 0.15) is 0 Å². The standard InChI is InChI=1S/C15H27N3/c1-15(2,3)8-13-10-17-11-18(13)14-7-5-4-6-12(14)9-16/h10-12,14H,4-9,16H2,1-3H3. The second-order valence-corrected chi connectivity index (χ2v) is 6.88. The molecular formula is C15H27N3. The molecule has 1 heterocycles. The topological polar surface area (TPSA) is 43.8 Å². The lowest BCUT2D eigenvalue weighted by molar-refractivity contribution is 0.236. The van der Waals surface area contributed by atoms with E-state index in [1.165, 1.54) is 31.4 Å². The van der Waals surface area contributed by atoms with Gasteiger partial charge in [-0.15, -0.1) is 0 Å². The Morgan fingerprint density at radius 3 is 2.72 bits per heavy atom. The van der Waals surface area contributed by atoms with Crippen LogP contribution in [0.3, 0.4) is 0 Å². The van der Waals surface area contributed by atoms with Crippen LogP contribution in [0.2, 0.25) is 0 Å². The first-order valence-corrected chi connectivity index (χ1v) is 7.22. The lowest BCUT2D eigenvalue weighted by atomic mass is 9.83. The van der Waals surface area contributed by atoms with Gasteiger partial charge in [-0.3, -0.25) is 0 Å². The number of hydrogen-bond donors (Lipinski definition) is 1. The van der Waals surface area contributed by atoms with E-state index in [2.05, 4.69) is 30.3 Å². The minimum atomic E-state index is 0.310. The third-order valence-corrected chi connectivity index (χ3v) is 3.99.